The molecule has 1 aliphatic heterocycles. The first kappa shape index (κ1) is 20.5. The van der Waals surface area contributed by atoms with Crippen LogP contribution in [0.25, 0.3) is 0 Å². The van der Waals surface area contributed by atoms with E-state index in [1.54, 1.807) is 5.01 Å². The lowest BCUT2D eigenvalue weighted by Gasteiger charge is -2.32. The number of halogens is 3. The molecule has 0 aliphatic carbocycles. The Labute approximate surface area is 142 Å². The summed E-state index contributed by atoms with van der Waals surface area (Å²) in [5.74, 6) is 0.668. The van der Waals surface area contributed by atoms with Crippen LogP contribution >= 0.6 is 0 Å². The molecular weight excluding hydrogens is 317 g/mol. The van der Waals surface area contributed by atoms with Gasteiger partial charge in [0.05, 0.1) is 11.3 Å². The number of aliphatic hydroxyl groups is 1. The number of alkyl halides is 3. The third-order valence-corrected chi connectivity index (χ3v) is 4.23. The molecule has 0 bridgehead atoms. The number of anilines is 1. The van der Waals surface area contributed by atoms with E-state index in [1.807, 2.05) is 20.8 Å². The summed E-state index contributed by atoms with van der Waals surface area (Å²) in [6.07, 6.45) is -2.69. The topological polar surface area (TPSA) is 35.8 Å². The Morgan fingerprint density at radius 1 is 1.25 bits per heavy atom. The van der Waals surface area contributed by atoms with Crippen molar-refractivity contribution in [2.24, 2.45) is 16.9 Å². The van der Waals surface area contributed by atoms with Crippen LogP contribution in [0.2, 0.25) is 0 Å². The van der Waals surface area contributed by atoms with Crippen LogP contribution in [0.5, 0.6) is 0 Å². The molecule has 1 aromatic carbocycles. The van der Waals surface area contributed by atoms with E-state index in [4.69, 9.17) is 5.11 Å². The van der Waals surface area contributed by atoms with Crippen LogP contribution in [-0.2, 0) is 6.18 Å². The maximum atomic E-state index is 12.6. The van der Waals surface area contributed by atoms with E-state index >= 15 is 0 Å². The first-order valence-corrected chi connectivity index (χ1v) is 8.43. The van der Waals surface area contributed by atoms with Crippen LogP contribution in [0.4, 0.5) is 18.9 Å². The van der Waals surface area contributed by atoms with Gasteiger partial charge in [0.1, 0.15) is 0 Å². The lowest BCUT2D eigenvalue weighted by atomic mass is 9.84. The molecule has 0 aromatic heterocycles. The number of hydrogen-bond donors (Lipinski definition) is 1. The predicted molar refractivity (Wildman–Crippen MR) is 92.2 cm³/mol. The number of hydrogen-bond acceptors (Lipinski definition) is 3. The first-order chi connectivity index (χ1) is 11.3. The van der Waals surface area contributed by atoms with Crippen molar-refractivity contribution in [1.29, 1.82) is 0 Å². The highest BCUT2D eigenvalue weighted by Gasteiger charge is 2.30. The molecule has 1 aromatic rings. The maximum absolute atomic E-state index is 12.6. The highest BCUT2D eigenvalue weighted by atomic mass is 19.4. The van der Waals surface area contributed by atoms with Gasteiger partial charge >= 0.3 is 6.18 Å². The van der Waals surface area contributed by atoms with E-state index in [-0.39, 0.29) is 6.61 Å². The Hall–Kier alpha value is -1.56. The number of rotatable bonds is 4. The average molecular weight is 344 g/mol. The highest BCUT2D eigenvalue weighted by Crippen LogP contribution is 2.32. The number of aliphatic hydroxyl groups excluding tert-OH is 1. The monoisotopic (exact) mass is 344 g/mol. The van der Waals surface area contributed by atoms with Gasteiger partial charge in [-0.25, -0.2) is 0 Å². The van der Waals surface area contributed by atoms with E-state index in [0.717, 1.165) is 30.7 Å². The Morgan fingerprint density at radius 3 is 2.29 bits per heavy atom. The summed E-state index contributed by atoms with van der Waals surface area (Å²) < 4.78 is 37.7. The van der Waals surface area contributed by atoms with Crippen molar-refractivity contribution in [3.8, 4) is 0 Å². The molecule has 3 nitrogen and oxygen atoms in total. The van der Waals surface area contributed by atoms with Crippen LogP contribution in [-0.4, -0.2) is 24.0 Å². The molecule has 1 aliphatic rings. The van der Waals surface area contributed by atoms with Gasteiger partial charge in [-0.1, -0.05) is 20.8 Å². The first-order valence-electron chi connectivity index (χ1n) is 8.43. The SMILES string of the molecule is CC.CC1=NN(c2ccc(C(F)(F)F)cc2)CCC1C(C)CCO. The van der Waals surface area contributed by atoms with Crippen LogP contribution in [0.3, 0.4) is 0 Å². The predicted octanol–water partition coefficient (Wildman–Crippen LogP) is 4.95. The molecular formula is C18H27F3N2O. The van der Waals surface area contributed by atoms with E-state index in [1.165, 1.54) is 12.1 Å². The maximum Gasteiger partial charge on any atom is 0.416 e. The van der Waals surface area contributed by atoms with Crippen molar-refractivity contribution in [2.75, 3.05) is 18.2 Å². The molecule has 136 valence electrons. The molecule has 0 radical (unpaired) electrons. The second-order valence-electron chi connectivity index (χ2n) is 5.79. The van der Waals surface area contributed by atoms with Crippen molar-refractivity contribution in [3.05, 3.63) is 29.8 Å². The van der Waals surface area contributed by atoms with Crippen LogP contribution in [0.15, 0.2) is 29.4 Å². The standard InChI is InChI=1S/C16H21F3N2O.C2H6/c1-11(8-10-22)15-7-9-21(20-12(15)2)14-5-3-13(4-6-14)16(17,18)19;1-2/h3-6,11,15,22H,7-10H2,1-2H3;1-2H3. The van der Waals surface area contributed by atoms with Gasteiger partial charge in [0.15, 0.2) is 0 Å². The highest BCUT2D eigenvalue weighted by molar-refractivity contribution is 5.86. The van der Waals surface area contributed by atoms with E-state index in [9.17, 15) is 13.2 Å². The number of benzene rings is 1. The van der Waals surface area contributed by atoms with Crippen molar-refractivity contribution < 1.29 is 18.3 Å². The molecule has 0 saturated carbocycles. The summed E-state index contributed by atoms with van der Waals surface area (Å²) in [6.45, 7) is 8.86. The molecule has 2 rings (SSSR count). The van der Waals surface area contributed by atoms with Gasteiger partial charge < -0.3 is 5.11 Å². The van der Waals surface area contributed by atoms with Crippen molar-refractivity contribution in [2.45, 2.75) is 46.7 Å². The number of nitrogens with zero attached hydrogens (tertiary/aromatic N) is 2. The zero-order valence-electron chi connectivity index (χ0n) is 14.8. The second-order valence-corrected chi connectivity index (χ2v) is 5.79. The minimum absolute atomic E-state index is 0.160. The van der Waals surface area contributed by atoms with Crippen molar-refractivity contribution in [1.82, 2.24) is 0 Å². The second kappa shape index (κ2) is 9.06. The molecule has 0 spiro atoms. The summed E-state index contributed by atoms with van der Waals surface area (Å²) in [5, 5.41) is 15.3. The fourth-order valence-electron chi connectivity index (χ4n) is 2.90. The summed E-state index contributed by atoms with van der Waals surface area (Å²) >= 11 is 0. The lowest BCUT2D eigenvalue weighted by molar-refractivity contribution is -0.137. The fraction of sp³-hybridized carbons (Fsp3) is 0.611. The van der Waals surface area contributed by atoms with E-state index in [2.05, 4.69) is 12.0 Å². The van der Waals surface area contributed by atoms with Gasteiger partial charge in [-0.3, -0.25) is 5.01 Å². The summed E-state index contributed by atoms with van der Waals surface area (Å²) in [4.78, 5) is 0. The Balaban J connectivity index is 0.00000139. The third kappa shape index (κ3) is 5.23. The van der Waals surface area contributed by atoms with Gasteiger partial charge in [0.25, 0.3) is 0 Å². The summed E-state index contributed by atoms with van der Waals surface area (Å²) in [7, 11) is 0. The van der Waals surface area contributed by atoms with E-state index < -0.39 is 11.7 Å². The molecule has 6 heteroatoms. The largest absolute Gasteiger partial charge is 0.416 e. The minimum Gasteiger partial charge on any atom is -0.396 e. The minimum atomic E-state index is -4.32. The molecule has 0 amide bonds. The fourth-order valence-corrected chi connectivity index (χ4v) is 2.90. The number of hydrazone groups is 1. The summed E-state index contributed by atoms with van der Waals surface area (Å²) in [5.41, 5.74) is 0.983. The van der Waals surface area contributed by atoms with Gasteiger partial charge in [-0.05, 0) is 49.9 Å². The molecule has 2 unspecified atom stereocenters. The molecule has 24 heavy (non-hydrogen) atoms. The molecule has 1 N–H and O–H groups in total. The van der Waals surface area contributed by atoms with E-state index in [0.29, 0.717) is 24.1 Å². The van der Waals surface area contributed by atoms with Crippen LogP contribution in [0, 0.1) is 11.8 Å². The molecule has 1 heterocycles. The molecule has 0 saturated heterocycles. The summed E-state index contributed by atoms with van der Waals surface area (Å²) in [6, 6.07) is 5.08. The quantitative estimate of drug-likeness (QED) is 0.839. The van der Waals surface area contributed by atoms with Crippen LogP contribution in [0.1, 0.15) is 46.1 Å². The van der Waals surface area contributed by atoms with Crippen molar-refractivity contribution >= 4 is 11.4 Å². The zero-order valence-corrected chi connectivity index (χ0v) is 14.8. The van der Waals surface area contributed by atoms with Gasteiger partial charge in [-0.15, -0.1) is 0 Å². The third-order valence-electron chi connectivity index (χ3n) is 4.23. The average Bonchev–Trinajstić information content (AvgIpc) is 2.56. The Morgan fingerprint density at radius 2 is 1.83 bits per heavy atom. The van der Waals surface area contributed by atoms with Gasteiger partial charge in [0.2, 0.25) is 0 Å². The lowest BCUT2D eigenvalue weighted by Crippen LogP contribution is -2.34. The zero-order chi connectivity index (χ0) is 18.3. The normalized spacial score (nSPS) is 19.2. The van der Waals surface area contributed by atoms with Crippen molar-refractivity contribution in [3.63, 3.8) is 0 Å². The Kier molecular flexibility index (Phi) is 7.73. The van der Waals surface area contributed by atoms with Crippen LogP contribution < -0.4 is 5.01 Å². The Bertz CT molecular complexity index is 526. The smallest absolute Gasteiger partial charge is 0.396 e. The molecule has 2 atom stereocenters. The van der Waals surface area contributed by atoms with Gasteiger partial charge in [-0.2, -0.15) is 18.3 Å². The molecule has 0 fully saturated rings. The van der Waals surface area contributed by atoms with Gasteiger partial charge in [0, 0.05) is 24.8 Å².